The van der Waals surface area contributed by atoms with Gasteiger partial charge in [-0.2, -0.15) is 0 Å². The summed E-state index contributed by atoms with van der Waals surface area (Å²) >= 11 is 0. The third-order valence-corrected chi connectivity index (χ3v) is 5.05. The second kappa shape index (κ2) is 11.3. The molecule has 0 heterocycles. The first-order valence-corrected chi connectivity index (χ1v) is 9.84. The van der Waals surface area contributed by atoms with Crippen molar-refractivity contribution in [3.05, 3.63) is 29.8 Å². The Bertz CT molecular complexity index is 521. The van der Waals surface area contributed by atoms with Crippen molar-refractivity contribution in [2.75, 3.05) is 26.4 Å². The van der Waals surface area contributed by atoms with E-state index in [0.717, 1.165) is 49.9 Å². The molecule has 0 aliphatic rings. The molecule has 4 heteroatoms. The zero-order valence-electron chi connectivity index (χ0n) is 17.2. The van der Waals surface area contributed by atoms with Gasteiger partial charge in [-0.15, -0.1) is 0 Å². The monoisotopic (exact) mass is 364 g/mol. The lowest BCUT2D eigenvalue weighted by atomic mass is 9.86. The van der Waals surface area contributed by atoms with Crippen molar-refractivity contribution in [1.29, 1.82) is 0 Å². The molecule has 0 atom stereocenters. The van der Waals surface area contributed by atoms with Crippen LogP contribution >= 0.6 is 0 Å². The summed E-state index contributed by atoms with van der Waals surface area (Å²) in [7, 11) is 0. The summed E-state index contributed by atoms with van der Waals surface area (Å²) in [4.78, 5) is 11.2. The lowest BCUT2D eigenvalue weighted by Crippen LogP contribution is -2.33. The summed E-state index contributed by atoms with van der Waals surface area (Å²) in [6.45, 7) is 12.8. The predicted molar refractivity (Wildman–Crippen MR) is 106 cm³/mol. The van der Waals surface area contributed by atoms with E-state index in [1.807, 2.05) is 45.0 Å². The molecule has 0 unspecified atom stereocenters. The minimum atomic E-state index is -0.493. The van der Waals surface area contributed by atoms with Crippen molar-refractivity contribution in [2.24, 2.45) is 0 Å². The summed E-state index contributed by atoms with van der Waals surface area (Å²) < 4.78 is 17.4. The Morgan fingerprint density at radius 3 is 2.38 bits per heavy atom. The molecule has 1 aromatic rings. The van der Waals surface area contributed by atoms with Gasteiger partial charge in [0.15, 0.2) is 0 Å². The van der Waals surface area contributed by atoms with E-state index in [-0.39, 0.29) is 5.60 Å². The molecule has 1 rings (SSSR count). The topological polar surface area (TPSA) is 44.8 Å². The minimum Gasteiger partial charge on any atom is -0.494 e. The van der Waals surface area contributed by atoms with E-state index in [2.05, 4.69) is 13.8 Å². The lowest BCUT2D eigenvalue weighted by Gasteiger charge is -2.32. The summed E-state index contributed by atoms with van der Waals surface area (Å²) in [6.07, 6.45) is 4.84. The fourth-order valence-corrected chi connectivity index (χ4v) is 2.98. The van der Waals surface area contributed by atoms with Gasteiger partial charge in [-0.05, 0) is 64.2 Å². The molecule has 0 aliphatic carbocycles. The number of benzene rings is 1. The van der Waals surface area contributed by atoms with Gasteiger partial charge >= 0.3 is 0 Å². The number of hydrogen-bond acceptors (Lipinski definition) is 4. The summed E-state index contributed by atoms with van der Waals surface area (Å²) in [5.41, 5.74) is 0.385. The van der Waals surface area contributed by atoms with Gasteiger partial charge in [-0.1, -0.05) is 26.0 Å². The second-order valence-corrected chi connectivity index (χ2v) is 7.25. The zero-order valence-corrected chi connectivity index (χ0v) is 17.2. The fourth-order valence-electron chi connectivity index (χ4n) is 2.98. The summed E-state index contributed by atoms with van der Waals surface area (Å²) in [6, 6.07) is 7.80. The van der Waals surface area contributed by atoms with Gasteiger partial charge in [0.05, 0.1) is 25.4 Å². The van der Waals surface area contributed by atoms with Crippen molar-refractivity contribution in [3.63, 3.8) is 0 Å². The number of rotatable bonds is 14. The number of carbonyl (C=O) groups is 1. The van der Waals surface area contributed by atoms with Crippen LogP contribution in [-0.4, -0.2) is 38.3 Å². The van der Waals surface area contributed by atoms with Crippen molar-refractivity contribution in [2.45, 2.75) is 71.3 Å². The van der Waals surface area contributed by atoms with Crippen molar-refractivity contribution < 1.29 is 19.0 Å². The Kier molecular flexibility index (Phi) is 9.89. The van der Waals surface area contributed by atoms with Crippen LogP contribution in [0.5, 0.6) is 5.75 Å². The molecule has 0 amide bonds. The van der Waals surface area contributed by atoms with E-state index in [1.165, 1.54) is 0 Å². The molecule has 0 radical (unpaired) electrons. The van der Waals surface area contributed by atoms with Crippen LogP contribution in [0.15, 0.2) is 24.3 Å². The Morgan fingerprint density at radius 2 is 1.77 bits per heavy atom. The number of hydrogen-bond donors (Lipinski definition) is 0. The van der Waals surface area contributed by atoms with Gasteiger partial charge < -0.3 is 19.0 Å². The summed E-state index contributed by atoms with van der Waals surface area (Å²) in [5.74, 6) is 0.813. The maximum Gasteiger partial charge on any atom is 0.129 e. The predicted octanol–water partition coefficient (Wildman–Crippen LogP) is 4.93. The zero-order chi connectivity index (χ0) is 19.5. The highest BCUT2D eigenvalue weighted by molar-refractivity contribution is 5.67. The van der Waals surface area contributed by atoms with Gasteiger partial charge in [0.1, 0.15) is 12.0 Å². The molecule has 26 heavy (non-hydrogen) atoms. The molecule has 0 N–H and O–H groups in total. The molecule has 0 spiro atoms. The first-order chi connectivity index (χ1) is 12.4. The lowest BCUT2D eigenvalue weighted by molar-refractivity contribution is -0.111. The largest absolute Gasteiger partial charge is 0.494 e. The fraction of sp³-hybridized carbons (Fsp3) is 0.682. The second-order valence-electron chi connectivity index (χ2n) is 7.25. The maximum atomic E-state index is 11.2. The Labute approximate surface area is 159 Å². The first kappa shape index (κ1) is 22.7. The molecule has 0 saturated carbocycles. The summed E-state index contributed by atoms with van der Waals surface area (Å²) in [5, 5.41) is 0. The quantitative estimate of drug-likeness (QED) is 0.347. The molecule has 0 saturated heterocycles. The number of ether oxygens (including phenoxy) is 3. The van der Waals surface area contributed by atoms with Crippen molar-refractivity contribution in [3.8, 4) is 5.75 Å². The SMILES string of the molecule is CCOCCOC(CC)(CC)CCCOc1cccc(C(C)(C)C=O)c1. The minimum absolute atomic E-state index is 0.0954. The average molecular weight is 365 g/mol. The van der Waals surface area contributed by atoms with Crippen LogP contribution in [0, 0.1) is 0 Å². The molecule has 0 aromatic heterocycles. The highest BCUT2D eigenvalue weighted by atomic mass is 16.5. The van der Waals surface area contributed by atoms with Gasteiger partial charge in [0, 0.05) is 12.0 Å². The molecule has 0 aliphatic heterocycles. The van der Waals surface area contributed by atoms with Crippen LogP contribution in [0.25, 0.3) is 0 Å². The van der Waals surface area contributed by atoms with Crippen LogP contribution in [0.4, 0.5) is 0 Å². The average Bonchev–Trinajstić information content (AvgIpc) is 2.67. The van der Waals surface area contributed by atoms with Crippen molar-refractivity contribution in [1.82, 2.24) is 0 Å². The maximum absolute atomic E-state index is 11.2. The van der Waals surface area contributed by atoms with Crippen LogP contribution in [-0.2, 0) is 19.7 Å². The van der Waals surface area contributed by atoms with Gasteiger partial charge in [-0.25, -0.2) is 0 Å². The van der Waals surface area contributed by atoms with Gasteiger partial charge in [0.25, 0.3) is 0 Å². The Hall–Kier alpha value is -1.39. The smallest absolute Gasteiger partial charge is 0.129 e. The van der Waals surface area contributed by atoms with E-state index < -0.39 is 5.41 Å². The molecule has 148 valence electrons. The molecule has 1 aromatic carbocycles. The normalized spacial score (nSPS) is 12.2. The van der Waals surface area contributed by atoms with Crippen LogP contribution in [0.1, 0.15) is 65.9 Å². The first-order valence-electron chi connectivity index (χ1n) is 9.84. The molecular formula is C22H36O4. The number of aldehydes is 1. The highest BCUT2D eigenvalue weighted by Crippen LogP contribution is 2.27. The van der Waals surface area contributed by atoms with Crippen LogP contribution in [0.3, 0.4) is 0 Å². The third-order valence-electron chi connectivity index (χ3n) is 5.05. The van der Waals surface area contributed by atoms with E-state index in [0.29, 0.717) is 19.8 Å². The molecular weight excluding hydrogens is 328 g/mol. The van der Waals surface area contributed by atoms with E-state index in [9.17, 15) is 4.79 Å². The van der Waals surface area contributed by atoms with E-state index in [1.54, 1.807) is 0 Å². The van der Waals surface area contributed by atoms with Crippen LogP contribution < -0.4 is 4.74 Å². The highest BCUT2D eigenvalue weighted by Gasteiger charge is 2.26. The third kappa shape index (κ3) is 7.08. The number of carbonyl (C=O) groups excluding carboxylic acids is 1. The van der Waals surface area contributed by atoms with E-state index in [4.69, 9.17) is 14.2 Å². The Morgan fingerprint density at radius 1 is 1.04 bits per heavy atom. The van der Waals surface area contributed by atoms with Gasteiger partial charge in [-0.3, -0.25) is 0 Å². The Balaban J connectivity index is 2.50. The van der Waals surface area contributed by atoms with Gasteiger partial charge in [0.2, 0.25) is 0 Å². The molecule has 0 fully saturated rings. The van der Waals surface area contributed by atoms with E-state index >= 15 is 0 Å². The standard InChI is InChI=1S/C22H36O4/c1-6-22(7-2,26-16-15-24-8-3)13-10-14-25-20-12-9-11-19(17-20)21(4,5)18-23/h9,11-12,17-18H,6-8,10,13-16H2,1-5H3. The van der Waals surface area contributed by atoms with Crippen LogP contribution in [0.2, 0.25) is 0 Å². The molecule has 4 nitrogen and oxygen atoms in total. The van der Waals surface area contributed by atoms with Crippen molar-refractivity contribution >= 4 is 6.29 Å². The molecule has 0 bridgehead atoms.